The van der Waals surface area contributed by atoms with Crippen molar-refractivity contribution >= 4 is 17.6 Å². The standard InChI is InChI=1S/C25H37N5O3/c1-6-8-9-21-20-16-33-25(4,5)14-18(20)19(15-26)22(28-21)29-10-12-30(13-11-29)24(32)23(31)27-17(3)7-2/h17H,6-14,16H2,1-5H3,(H,27,31). The van der Waals surface area contributed by atoms with Gasteiger partial charge in [-0.15, -0.1) is 0 Å². The molecule has 2 aliphatic heterocycles. The molecule has 0 radical (unpaired) electrons. The van der Waals surface area contributed by atoms with Crippen molar-refractivity contribution in [3.05, 3.63) is 22.4 Å². The fourth-order valence-corrected chi connectivity index (χ4v) is 4.37. The first kappa shape index (κ1) is 25.0. The number of pyridine rings is 1. The van der Waals surface area contributed by atoms with Gasteiger partial charge in [-0.05, 0) is 45.6 Å². The maximum absolute atomic E-state index is 12.6. The highest BCUT2D eigenvalue weighted by Crippen LogP contribution is 2.36. The number of aromatic nitrogens is 1. The van der Waals surface area contributed by atoms with E-state index in [9.17, 15) is 14.9 Å². The van der Waals surface area contributed by atoms with Crippen LogP contribution in [0.1, 0.15) is 76.3 Å². The number of carbonyl (C=O) groups excluding carboxylic acids is 2. The largest absolute Gasteiger partial charge is 0.370 e. The van der Waals surface area contributed by atoms with E-state index < -0.39 is 11.8 Å². The molecule has 8 heteroatoms. The van der Waals surface area contributed by atoms with E-state index in [1.54, 1.807) is 4.90 Å². The van der Waals surface area contributed by atoms with Crippen LogP contribution in [0, 0.1) is 11.3 Å². The van der Waals surface area contributed by atoms with Gasteiger partial charge in [-0.1, -0.05) is 20.3 Å². The second-order valence-electron chi connectivity index (χ2n) is 9.72. The number of nitrogens with one attached hydrogen (secondary N) is 1. The first-order chi connectivity index (χ1) is 15.7. The minimum absolute atomic E-state index is 0.0320. The van der Waals surface area contributed by atoms with Crippen LogP contribution in [0.2, 0.25) is 0 Å². The summed E-state index contributed by atoms with van der Waals surface area (Å²) in [6.07, 6.45) is 4.40. The molecule has 0 aliphatic carbocycles. The maximum atomic E-state index is 12.6. The summed E-state index contributed by atoms with van der Waals surface area (Å²) in [5, 5.41) is 12.8. The lowest BCUT2D eigenvalue weighted by atomic mass is 9.87. The van der Waals surface area contributed by atoms with Gasteiger partial charge in [0.05, 0.1) is 17.8 Å². The third-order valence-corrected chi connectivity index (χ3v) is 6.62. The smallest absolute Gasteiger partial charge is 0.312 e. The van der Waals surface area contributed by atoms with E-state index in [2.05, 4.69) is 37.1 Å². The van der Waals surface area contributed by atoms with Gasteiger partial charge >= 0.3 is 11.8 Å². The number of fused-ring (bicyclic) bond motifs is 1. The molecule has 0 bridgehead atoms. The molecule has 1 aromatic rings. The first-order valence-electron chi connectivity index (χ1n) is 12.1. The Morgan fingerprint density at radius 3 is 2.52 bits per heavy atom. The molecule has 1 aromatic heterocycles. The van der Waals surface area contributed by atoms with Crippen molar-refractivity contribution < 1.29 is 14.3 Å². The van der Waals surface area contributed by atoms with Gasteiger partial charge in [-0.3, -0.25) is 9.59 Å². The van der Waals surface area contributed by atoms with E-state index in [1.165, 1.54) is 0 Å². The Hall–Kier alpha value is -2.66. The number of nitrogens with zero attached hydrogens (tertiary/aromatic N) is 4. The van der Waals surface area contributed by atoms with Crippen molar-refractivity contribution in [1.29, 1.82) is 5.26 Å². The van der Waals surface area contributed by atoms with Crippen LogP contribution in [-0.2, 0) is 33.8 Å². The lowest BCUT2D eigenvalue weighted by Gasteiger charge is -2.38. The molecule has 33 heavy (non-hydrogen) atoms. The number of aryl methyl sites for hydroxylation is 1. The number of rotatable bonds is 6. The van der Waals surface area contributed by atoms with E-state index in [0.717, 1.165) is 42.5 Å². The third-order valence-electron chi connectivity index (χ3n) is 6.62. The maximum Gasteiger partial charge on any atom is 0.312 e. The molecule has 2 aliphatic rings. The first-order valence-corrected chi connectivity index (χ1v) is 12.1. The normalized spacial score (nSPS) is 18.3. The molecule has 0 aromatic carbocycles. The van der Waals surface area contributed by atoms with Gasteiger partial charge in [0.25, 0.3) is 0 Å². The van der Waals surface area contributed by atoms with Crippen LogP contribution in [0.25, 0.3) is 0 Å². The Morgan fingerprint density at radius 1 is 1.21 bits per heavy atom. The summed E-state index contributed by atoms with van der Waals surface area (Å²) in [6.45, 7) is 12.5. The lowest BCUT2D eigenvalue weighted by molar-refractivity contribution is -0.146. The van der Waals surface area contributed by atoms with Crippen molar-refractivity contribution in [2.75, 3.05) is 31.1 Å². The molecule has 3 rings (SSSR count). The summed E-state index contributed by atoms with van der Waals surface area (Å²) >= 11 is 0. The Morgan fingerprint density at radius 2 is 1.91 bits per heavy atom. The van der Waals surface area contributed by atoms with Crippen LogP contribution in [-0.4, -0.2) is 59.5 Å². The van der Waals surface area contributed by atoms with Crippen LogP contribution >= 0.6 is 0 Å². The Balaban J connectivity index is 1.83. The molecular formula is C25H37N5O3. The molecule has 180 valence electrons. The van der Waals surface area contributed by atoms with Gasteiger partial charge in [0.1, 0.15) is 11.9 Å². The summed E-state index contributed by atoms with van der Waals surface area (Å²) in [5.74, 6) is -0.334. The van der Waals surface area contributed by atoms with E-state index in [-0.39, 0.29) is 11.6 Å². The minimum atomic E-state index is -0.550. The molecule has 1 saturated heterocycles. The highest BCUT2D eigenvalue weighted by atomic mass is 16.5. The van der Waals surface area contributed by atoms with E-state index in [0.29, 0.717) is 50.6 Å². The fourth-order valence-electron chi connectivity index (χ4n) is 4.37. The zero-order valence-corrected chi connectivity index (χ0v) is 20.7. The van der Waals surface area contributed by atoms with Crippen molar-refractivity contribution in [2.45, 2.75) is 85.0 Å². The van der Waals surface area contributed by atoms with Gasteiger partial charge in [0, 0.05) is 49.9 Å². The Labute approximate surface area is 197 Å². The molecule has 1 unspecified atom stereocenters. The highest BCUT2D eigenvalue weighted by Gasteiger charge is 2.34. The van der Waals surface area contributed by atoms with Crippen LogP contribution in [0.4, 0.5) is 5.82 Å². The quantitative estimate of drug-likeness (QED) is 0.662. The summed E-state index contributed by atoms with van der Waals surface area (Å²) in [6, 6.07) is 2.39. The van der Waals surface area contributed by atoms with Gasteiger partial charge in [0.2, 0.25) is 0 Å². The number of hydrogen-bond acceptors (Lipinski definition) is 6. The number of unbranched alkanes of at least 4 members (excludes halogenated alkanes) is 1. The third kappa shape index (κ3) is 5.64. The van der Waals surface area contributed by atoms with Crippen LogP contribution in [0.15, 0.2) is 0 Å². The second-order valence-corrected chi connectivity index (χ2v) is 9.72. The number of nitriles is 1. The van der Waals surface area contributed by atoms with Crippen LogP contribution in [0.5, 0.6) is 0 Å². The van der Waals surface area contributed by atoms with E-state index in [1.807, 2.05) is 13.8 Å². The molecule has 1 fully saturated rings. The number of hydrogen-bond donors (Lipinski definition) is 1. The average molecular weight is 456 g/mol. The molecular weight excluding hydrogens is 418 g/mol. The summed E-state index contributed by atoms with van der Waals surface area (Å²) < 4.78 is 6.05. The molecule has 1 atom stereocenters. The van der Waals surface area contributed by atoms with Crippen LogP contribution < -0.4 is 10.2 Å². The number of amides is 2. The SMILES string of the molecule is CCCCc1nc(N2CCN(C(=O)C(=O)NC(C)CC)CC2)c(C#N)c2c1COC(C)(C)C2. The fraction of sp³-hybridized carbons (Fsp3) is 0.680. The van der Waals surface area contributed by atoms with Crippen molar-refractivity contribution in [3.8, 4) is 6.07 Å². The highest BCUT2D eigenvalue weighted by molar-refractivity contribution is 6.35. The molecule has 2 amide bonds. The Bertz CT molecular complexity index is 929. The van der Waals surface area contributed by atoms with Gasteiger partial charge in [-0.2, -0.15) is 5.26 Å². The second kappa shape index (κ2) is 10.5. The summed E-state index contributed by atoms with van der Waals surface area (Å²) in [7, 11) is 0. The Kier molecular flexibility index (Phi) is 7.96. The van der Waals surface area contributed by atoms with Gasteiger partial charge in [-0.25, -0.2) is 4.98 Å². The van der Waals surface area contributed by atoms with Gasteiger partial charge < -0.3 is 19.9 Å². The van der Waals surface area contributed by atoms with Gasteiger partial charge in [0.15, 0.2) is 0 Å². The topological polar surface area (TPSA) is 98.6 Å². The minimum Gasteiger partial charge on any atom is -0.370 e. The predicted molar refractivity (Wildman–Crippen MR) is 127 cm³/mol. The van der Waals surface area contributed by atoms with E-state index >= 15 is 0 Å². The zero-order chi connectivity index (χ0) is 24.2. The van der Waals surface area contributed by atoms with Crippen molar-refractivity contribution in [2.24, 2.45) is 0 Å². The summed E-state index contributed by atoms with van der Waals surface area (Å²) in [5.41, 5.74) is 3.43. The molecule has 3 heterocycles. The van der Waals surface area contributed by atoms with E-state index in [4.69, 9.17) is 9.72 Å². The number of ether oxygens (including phenoxy) is 1. The number of piperazine rings is 1. The zero-order valence-electron chi connectivity index (χ0n) is 20.7. The number of anilines is 1. The predicted octanol–water partition coefficient (Wildman–Crippen LogP) is 2.71. The van der Waals surface area contributed by atoms with Crippen molar-refractivity contribution in [1.82, 2.24) is 15.2 Å². The monoisotopic (exact) mass is 455 g/mol. The van der Waals surface area contributed by atoms with Crippen LogP contribution in [0.3, 0.4) is 0 Å². The molecule has 8 nitrogen and oxygen atoms in total. The molecule has 1 N–H and O–H groups in total. The summed E-state index contributed by atoms with van der Waals surface area (Å²) in [4.78, 5) is 33.5. The number of carbonyl (C=O) groups is 2. The average Bonchev–Trinajstić information content (AvgIpc) is 2.80. The molecule has 0 saturated carbocycles. The van der Waals surface area contributed by atoms with Crippen molar-refractivity contribution in [3.63, 3.8) is 0 Å². The lowest BCUT2D eigenvalue weighted by Crippen LogP contribution is -2.54. The molecule has 0 spiro atoms.